The fourth-order valence-corrected chi connectivity index (χ4v) is 2.88. The van der Waals surface area contributed by atoms with Gasteiger partial charge in [0.25, 0.3) is 0 Å². The van der Waals surface area contributed by atoms with Gasteiger partial charge in [-0.1, -0.05) is 51.9 Å². The minimum atomic E-state index is -1.18. The number of carbonyl (C=O) groups excluding carboxylic acids is 1. The maximum absolute atomic E-state index is 12.3. The summed E-state index contributed by atoms with van der Waals surface area (Å²) in [5, 5.41) is 26.7. The number of hydrogen-bond acceptors (Lipinski definition) is 5. The number of carboxylic acid groups (broad SMARTS) is 3. The average Bonchev–Trinajstić information content (AvgIpc) is 2.59. The van der Waals surface area contributed by atoms with E-state index in [4.69, 9.17) is 15.3 Å². The van der Waals surface area contributed by atoms with Crippen molar-refractivity contribution in [3.63, 3.8) is 0 Å². The molecule has 3 N–H and O–H groups in total. The van der Waals surface area contributed by atoms with Crippen LogP contribution in [0.2, 0.25) is 0 Å². The molecule has 0 radical (unpaired) electrons. The molecule has 0 rings (SSSR count). The highest BCUT2D eigenvalue weighted by atomic mass is 16.4. The van der Waals surface area contributed by atoms with Gasteiger partial charge in [-0.05, 0) is 6.42 Å². The van der Waals surface area contributed by atoms with E-state index in [9.17, 15) is 19.2 Å². The van der Waals surface area contributed by atoms with Gasteiger partial charge in [-0.3, -0.25) is 24.1 Å². The van der Waals surface area contributed by atoms with Gasteiger partial charge in [-0.2, -0.15) is 0 Å². The maximum Gasteiger partial charge on any atom is 0.323 e. The van der Waals surface area contributed by atoms with Crippen LogP contribution in [0.5, 0.6) is 0 Å². The topological polar surface area (TPSA) is 135 Å². The molecule has 0 bridgehead atoms. The Labute approximate surface area is 166 Å². The summed E-state index contributed by atoms with van der Waals surface area (Å²) >= 11 is 0. The van der Waals surface area contributed by atoms with Crippen molar-refractivity contribution in [3.8, 4) is 0 Å². The van der Waals surface area contributed by atoms with Crippen LogP contribution in [0.3, 0.4) is 0 Å². The van der Waals surface area contributed by atoms with Gasteiger partial charge in [0, 0.05) is 19.5 Å². The summed E-state index contributed by atoms with van der Waals surface area (Å²) in [7, 11) is 0. The van der Waals surface area contributed by atoms with Gasteiger partial charge < -0.3 is 20.2 Å². The molecule has 0 aliphatic heterocycles. The Morgan fingerprint density at radius 2 is 1.11 bits per heavy atom. The number of carbonyl (C=O) groups is 4. The average molecular weight is 402 g/mol. The van der Waals surface area contributed by atoms with Crippen LogP contribution in [-0.4, -0.2) is 81.7 Å². The zero-order chi connectivity index (χ0) is 21.4. The quantitative estimate of drug-likeness (QED) is 0.296. The Kier molecular flexibility index (Phi) is 14.6. The van der Waals surface area contributed by atoms with E-state index in [1.807, 2.05) is 0 Å². The van der Waals surface area contributed by atoms with Crippen molar-refractivity contribution in [3.05, 3.63) is 0 Å². The van der Waals surface area contributed by atoms with Crippen molar-refractivity contribution in [2.75, 3.05) is 32.7 Å². The zero-order valence-corrected chi connectivity index (χ0v) is 16.8. The first-order chi connectivity index (χ1) is 13.3. The third-order valence-electron chi connectivity index (χ3n) is 4.33. The molecule has 0 spiro atoms. The number of hydrogen-bond donors (Lipinski definition) is 3. The Bertz CT molecular complexity index is 481. The lowest BCUT2D eigenvalue weighted by atomic mass is 10.1. The summed E-state index contributed by atoms with van der Waals surface area (Å²) < 4.78 is 0. The molecule has 9 heteroatoms. The molecule has 162 valence electrons. The molecule has 28 heavy (non-hydrogen) atoms. The van der Waals surface area contributed by atoms with Crippen LogP contribution in [-0.2, 0) is 19.2 Å². The second-order valence-corrected chi connectivity index (χ2v) is 6.93. The van der Waals surface area contributed by atoms with Gasteiger partial charge in [0.15, 0.2) is 0 Å². The molecule has 0 saturated carbocycles. The standard InChI is InChI=1S/C19H34N2O7/c1-2-3-4-5-6-7-8-9-10-16(22)21(15-19(27)28)12-11-20(13-17(23)24)14-18(25)26/h2-15H2,1H3,(H,23,24)(H,25,26)(H,27,28). The molecule has 0 unspecified atom stereocenters. The van der Waals surface area contributed by atoms with Crippen LogP contribution in [0.25, 0.3) is 0 Å². The zero-order valence-electron chi connectivity index (χ0n) is 16.8. The predicted molar refractivity (Wildman–Crippen MR) is 103 cm³/mol. The van der Waals surface area contributed by atoms with Gasteiger partial charge in [0.2, 0.25) is 5.91 Å². The highest BCUT2D eigenvalue weighted by Gasteiger charge is 2.19. The molecule has 0 saturated heterocycles. The van der Waals surface area contributed by atoms with Gasteiger partial charge in [0.05, 0.1) is 13.1 Å². The number of unbranched alkanes of at least 4 members (excludes halogenated alkanes) is 7. The van der Waals surface area contributed by atoms with Gasteiger partial charge >= 0.3 is 17.9 Å². The molecular formula is C19H34N2O7. The van der Waals surface area contributed by atoms with Gasteiger partial charge in [0.1, 0.15) is 6.54 Å². The Balaban J connectivity index is 4.38. The molecule has 0 aromatic rings. The van der Waals surface area contributed by atoms with Crippen molar-refractivity contribution in [2.45, 2.75) is 64.7 Å². The van der Waals surface area contributed by atoms with Crippen LogP contribution < -0.4 is 0 Å². The van der Waals surface area contributed by atoms with Gasteiger partial charge in [-0.25, -0.2) is 0 Å². The van der Waals surface area contributed by atoms with Crippen LogP contribution in [0.1, 0.15) is 64.7 Å². The van der Waals surface area contributed by atoms with Crippen molar-refractivity contribution >= 4 is 23.8 Å². The summed E-state index contributed by atoms with van der Waals surface area (Å²) in [4.78, 5) is 47.3. The third kappa shape index (κ3) is 15.0. The molecule has 0 aliphatic rings. The Hall–Kier alpha value is -2.16. The molecular weight excluding hydrogens is 368 g/mol. The van der Waals surface area contributed by atoms with E-state index in [0.29, 0.717) is 6.42 Å². The van der Waals surface area contributed by atoms with Crippen molar-refractivity contribution in [1.82, 2.24) is 9.80 Å². The summed E-state index contributed by atoms with van der Waals surface area (Å²) in [6.45, 7) is 0.664. The first-order valence-electron chi connectivity index (χ1n) is 9.91. The molecule has 0 heterocycles. The smallest absolute Gasteiger partial charge is 0.323 e. The first kappa shape index (κ1) is 25.8. The number of aliphatic carboxylic acids is 3. The second-order valence-electron chi connectivity index (χ2n) is 6.93. The number of nitrogens with zero attached hydrogens (tertiary/aromatic N) is 2. The Morgan fingerprint density at radius 3 is 1.57 bits per heavy atom. The lowest BCUT2D eigenvalue weighted by molar-refractivity contribution is -0.145. The molecule has 0 aromatic heterocycles. The molecule has 1 amide bonds. The van der Waals surface area contributed by atoms with Crippen molar-refractivity contribution in [1.29, 1.82) is 0 Å². The minimum absolute atomic E-state index is 0.0188. The SMILES string of the molecule is CCCCCCCCCCC(=O)N(CCN(CC(=O)O)CC(=O)O)CC(=O)O. The maximum atomic E-state index is 12.3. The summed E-state index contributed by atoms with van der Waals surface area (Å²) in [6, 6.07) is 0. The third-order valence-corrected chi connectivity index (χ3v) is 4.33. The van der Waals surface area contributed by atoms with E-state index >= 15 is 0 Å². The molecule has 9 nitrogen and oxygen atoms in total. The van der Waals surface area contributed by atoms with E-state index in [0.717, 1.165) is 29.1 Å². The van der Waals surface area contributed by atoms with E-state index in [1.54, 1.807) is 0 Å². The fourth-order valence-electron chi connectivity index (χ4n) is 2.88. The monoisotopic (exact) mass is 402 g/mol. The van der Waals surface area contributed by atoms with E-state index < -0.39 is 37.5 Å². The van der Waals surface area contributed by atoms with Crippen LogP contribution in [0.4, 0.5) is 0 Å². The highest BCUT2D eigenvalue weighted by Crippen LogP contribution is 2.10. The largest absolute Gasteiger partial charge is 0.480 e. The predicted octanol–water partition coefficient (Wildman–Crippen LogP) is 1.90. The summed E-state index contributed by atoms with van der Waals surface area (Å²) in [6.07, 6.45) is 8.85. The molecule has 0 aliphatic carbocycles. The highest BCUT2D eigenvalue weighted by molar-refractivity contribution is 5.81. The number of amides is 1. The van der Waals surface area contributed by atoms with Crippen LogP contribution in [0, 0.1) is 0 Å². The fraction of sp³-hybridized carbons (Fsp3) is 0.789. The van der Waals surface area contributed by atoms with Crippen LogP contribution in [0.15, 0.2) is 0 Å². The van der Waals surface area contributed by atoms with Crippen molar-refractivity contribution in [2.24, 2.45) is 0 Å². The minimum Gasteiger partial charge on any atom is -0.480 e. The number of rotatable bonds is 18. The first-order valence-corrected chi connectivity index (χ1v) is 9.91. The molecule has 0 fully saturated rings. The van der Waals surface area contributed by atoms with Crippen LogP contribution >= 0.6 is 0 Å². The van der Waals surface area contributed by atoms with E-state index in [1.165, 1.54) is 25.7 Å². The molecule has 0 aromatic carbocycles. The lowest BCUT2D eigenvalue weighted by Crippen LogP contribution is -2.44. The summed E-state index contributed by atoms with van der Waals surface area (Å²) in [5.41, 5.74) is 0. The molecule has 0 atom stereocenters. The van der Waals surface area contributed by atoms with E-state index in [2.05, 4.69) is 6.92 Å². The van der Waals surface area contributed by atoms with Crippen molar-refractivity contribution < 1.29 is 34.5 Å². The summed E-state index contributed by atoms with van der Waals surface area (Å²) in [5.74, 6) is -3.83. The van der Waals surface area contributed by atoms with Gasteiger partial charge in [-0.15, -0.1) is 0 Å². The van der Waals surface area contributed by atoms with E-state index in [-0.39, 0.29) is 25.4 Å². The number of carboxylic acids is 3. The normalized spacial score (nSPS) is 10.8. The lowest BCUT2D eigenvalue weighted by Gasteiger charge is -2.25. The second kappa shape index (κ2) is 15.9. The Morgan fingerprint density at radius 1 is 0.643 bits per heavy atom.